The van der Waals surface area contributed by atoms with Gasteiger partial charge in [-0.1, -0.05) is 29.5 Å². The number of rotatable bonds is 8. The monoisotopic (exact) mass is 363 g/mol. The van der Waals surface area contributed by atoms with Crippen molar-refractivity contribution in [3.63, 3.8) is 0 Å². The maximum atomic E-state index is 11.9. The van der Waals surface area contributed by atoms with Crippen LogP contribution < -0.4 is 10.6 Å². The number of thioether (sulfide) groups is 1. The lowest BCUT2D eigenvalue weighted by Gasteiger charge is -2.13. The first kappa shape index (κ1) is 19.2. The minimum absolute atomic E-state index is 0.105. The Morgan fingerprint density at radius 2 is 2.24 bits per heavy atom. The first-order valence-electron chi connectivity index (χ1n) is 8.49. The smallest absolute Gasteiger partial charge is 0.321 e. The second-order valence-electron chi connectivity index (χ2n) is 5.88. The lowest BCUT2D eigenvalue weighted by molar-refractivity contribution is -0.117. The second-order valence-corrected chi connectivity index (χ2v) is 6.82. The highest BCUT2D eigenvalue weighted by Gasteiger charge is 2.13. The fourth-order valence-corrected chi connectivity index (χ4v) is 3.41. The Morgan fingerprint density at radius 1 is 1.40 bits per heavy atom. The third kappa shape index (κ3) is 6.38. The number of hydrogen-bond acceptors (Lipinski definition) is 5. The Balaban J connectivity index is 1.68. The summed E-state index contributed by atoms with van der Waals surface area (Å²) in [6.07, 6.45) is 9.58. The van der Waals surface area contributed by atoms with E-state index >= 15 is 0 Å². The molecule has 0 aromatic carbocycles. The molecule has 0 saturated heterocycles. The number of carbonyl (C=O) groups excluding carboxylic acids is 2. The van der Waals surface area contributed by atoms with Gasteiger partial charge in [-0.25, -0.2) is 4.79 Å². The molecule has 0 fully saturated rings. The van der Waals surface area contributed by atoms with Crippen molar-refractivity contribution in [1.29, 1.82) is 0 Å². The van der Waals surface area contributed by atoms with E-state index < -0.39 is 6.03 Å². The fourth-order valence-electron chi connectivity index (χ4n) is 2.61. The fraction of sp³-hybridized carbons (Fsp3) is 0.529. The molecule has 0 spiro atoms. The molecular weight excluding hydrogens is 338 g/mol. The van der Waals surface area contributed by atoms with Crippen molar-refractivity contribution in [2.24, 2.45) is 0 Å². The minimum atomic E-state index is -0.453. The Kier molecular flexibility index (Phi) is 7.72. The molecule has 1 heterocycles. The van der Waals surface area contributed by atoms with Crippen molar-refractivity contribution in [3.05, 3.63) is 30.1 Å². The summed E-state index contributed by atoms with van der Waals surface area (Å²) in [6, 6.07) is -0.453. The van der Waals surface area contributed by atoms with E-state index in [0.717, 1.165) is 25.1 Å². The summed E-state index contributed by atoms with van der Waals surface area (Å²) in [5.41, 5.74) is 1.39. The minimum Gasteiger partial charge on any atom is -0.337 e. The van der Waals surface area contributed by atoms with Crippen molar-refractivity contribution in [2.75, 3.05) is 12.3 Å². The number of nitrogens with one attached hydrogen (secondary N) is 2. The largest absolute Gasteiger partial charge is 0.337 e. The molecule has 8 heteroatoms. The van der Waals surface area contributed by atoms with Gasteiger partial charge in [-0.2, -0.15) is 0 Å². The predicted molar refractivity (Wildman–Crippen MR) is 98.4 cm³/mol. The third-order valence-corrected chi connectivity index (χ3v) is 4.88. The van der Waals surface area contributed by atoms with Crippen LogP contribution in [0.3, 0.4) is 0 Å². The predicted octanol–water partition coefficient (Wildman–Crippen LogP) is 2.58. The molecule has 0 radical (unpaired) electrons. The van der Waals surface area contributed by atoms with Gasteiger partial charge in [-0.15, -0.1) is 16.8 Å². The zero-order chi connectivity index (χ0) is 18.1. The van der Waals surface area contributed by atoms with Crippen LogP contribution in [0, 0.1) is 6.92 Å². The summed E-state index contributed by atoms with van der Waals surface area (Å²) in [6.45, 7) is 6.66. The number of carbonyl (C=O) groups is 2. The molecule has 7 nitrogen and oxygen atoms in total. The quantitative estimate of drug-likeness (QED) is 0.547. The zero-order valence-corrected chi connectivity index (χ0v) is 15.4. The van der Waals surface area contributed by atoms with Gasteiger partial charge in [-0.3, -0.25) is 10.1 Å². The van der Waals surface area contributed by atoms with Crippen LogP contribution in [0.1, 0.15) is 37.9 Å². The molecule has 0 bridgehead atoms. The van der Waals surface area contributed by atoms with E-state index in [-0.39, 0.29) is 11.7 Å². The van der Waals surface area contributed by atoms with E-state index in [9.17, 15) is 9.59 Å². The van der Waals surface area contributed by atoms with E-state index in [2.05, 4.69) is 33.5 Å². The first-order valence-corrected chi connectivity index (χ1v) is 9.47. The number of hydrogen-bond donors (Lipinski definition) is 2. The summed E-state index contributed by atoms with van der Waals surface area (Å²) < 4.78 is 1.86. The molecule has 0 unspecified atom stereocenters. The number of amides is 3. The molecule has 3 amide bonds. The number of aryl methyl sites for hydroxylation is 1. The normalized spacial score (nSPS) is 13.9. The summed E-state index contributed by atoms with van der Waals surface area (Å²) >= 11 is 1.24. The second kappa shape index (κ2) is 10.0. The highest BCUT2D eigenvalue weighted by molar-refractivity contribution is 7.99. The third-order valence-electron chi connectivity index (χ3n) is 3.92. The van der Waals surface area contributed by atoms with E-state index in [4.69, 9.17) is 0 Å². The van der Waals surface area contributed by atoms with Crippen molar-refractivity contribution in [3.8, 4) is 0 Å². The summed E-state index contributed by atoms with van der Waals surface area (Å²) in [5.74, 6) is 0.510. The van der Waals surface area contributed by atoms with Crippen LogP contribution >= 0.6 is 11.8 Å². The SMILES string of the molecule is C=CCn1c(C)nnc1SCC(=O)NC(=O)NCCC1=CCCCC1. The maximum Gasteiger partial charge on any atom is 0.321 e. The van der Waals surface area contributed by atoms with Gasteiger partial charge in [0.1, 0.15) is 5.82 Å². The van der Waals surface area contributed by atoms with Crippen LogP contribution in [0.4, 0.5) is 4.79 Å². The van der Waals surface area contributed by atoms with Gasteiger partial charge in [-0.05, 0) is 39.0 Å². The van der Waals surface area contributed by atoms with Crippen molar-refractivity contribution >= 4 is 23.7 Å². The molecule has 1 aliphatic carbocycles. The van der Waals surface area contributed by atoms with Gasteiger partial charge in [0.25, 0.3) is 0 Å². The summed E-state index contributed by atoms with van der Waals surface area (Å²) in [5, 5.41) is 13.7. The highest BCUT2D eigenvalue weighted by Crippen LogP contribution is 2.19. The maximum absolute atomic E-state index is 11.9. The zero-order valence-electron chi connectivity index (χ0n) is 14.6. The van der Waals surface area contributed by atoms with E-state index in [0.29, 0.717) is 18.2 Å². The van der Waals surface area contributed by atoms with Gasteiger partial charge in [0, 0.05) is 13.1 Å². The molecule has 2 N–H and O–H groups in total. The molecule has 0 aliphatic heterocycles. The lowest BCUT2D eigenvalue weighted by atomic mass is 9.97. The highest BCUT2D eigenvalue weighted by atomic mass is 32.2. The number of imide groups is 1. The molecule has 136 valence electrons. The number of allylic oxidation sites excluding steroid dienone is 2. The Labute approximate surface area is 152 Å². The van der Waals surface area contributed by atoms with Crippen LogP contribution in [0.2, 0.25) is 0 Å². The molecule has 0 saturated carbocycles. The van der Waals surface area contributed by atoms with Gasteiger partial charge in [0.2, 0.25) is 5.91 Å². The number of nitrogens with zero attached hydrogens (tertiary/aromatic N) is 3. The summed E-state index contributed by atoms with van der Waals surface area (Å²) in [4.78, 5) is 23.6. The van der Waals surface area contributed by atoms with Crippen molar-refractivity contribution in [2.45, 2.75) is 50.7 Å². The topological polar surface area (TPSA) is 88.9 Å². The van der Waals surface area contributed by atoms with E-state index in [1.54, 1.807) is 6.08 Å². The van der Waals surface area contributed by atoms with E-state index in [1.807, 2.05) is 11.5 Å². The summed E-state index contributed by atoms with van der Waals surface area (Å²) in [7, 11) is 0. The Morgan fingerprint density at radius 3 is 2.96 bits per heavy atom. The molecule has 25 heavy (non-hydrogen) atoms. The average Bonchev–Trinajstić information content (AvgIpc) is 2.94. The lowest BCUT2D eigenvalue weighted by Crippen LogP contribution is -2.40. The number of urea groups is 1. The van der Waals surface area contributed by atoms with Crippen molar-refractivity contribution in [1.82, 2.24) is 25.4 Å². The van der Waals surface area contributed by atoms with Crippen LogP contribution in [-0.2, 0) is 11.3 Å². The number of aromatic nitrogens is 3. The van der Waals surface area contributed by atoms with E-state index in [1.165, 1.54) is 30.2 Å². The molecule has 1 aromatic rings. The molecule has 0 atom stereocenters. The van der Waals surface area contributed by atoms with Gasteiger partial charge in [0.15, 0.2) is 5.16 Å². The van der Waals surface area contributed by atoms with Crippen molar-refractivity contribution < 1.29 is 9.59 Å². The van der Waals surface area contributed by atoms with Gasteiger partial charge in [0.05, 0.1) is 5.75 Å². The van der Waals surface area contributed by atoms with Crippen LogP contribution in [0.25, 0.3) is 0 Å². The average molecular weight is 363 g/mol. The molecule has 1 aromatic heterocycles. The molecule has 2 rings (SSSR count). The Bertz CT molecular complexity index is 653. The van der Waals surface area contributed by atoms with Crippen LogP contribution in [-0.4, -0.2) is 39.0 Å². The van der Waals surface area contributed by atoms with Gasteiger partial charge >= 0.3 is 6.03 Å². The van der Waals surface area contributed by atoms with Gasteiger partial charge < -0.3 is 9.88 Å². The van der Waals surface area contributed by atoms with Crippen LogP contribution in [0.5, 0.6) is 0 Å². The Hall–Kier alpha value is -2.09. The first-order chi connectivity index (χ1) is 12.1. The van der Waals surface area contributed by atoms with Crippen LogP contribution in [0.15, 0.2) is 29.5 Å². The standard InChI is InChI=1S/C17H25N5O2S/c1-3-11-22-13(2)20-21-17(22)25-12-15(23)19-16(24)18-10-9-14-7-5-4-6-8-14/h3,7H,1,4-6,8-12H2,2H3,(H2,18,19,23,24). The molecular formula is C17H25N5O2S. The molecule has 1 aliphatic rings.